The molecule has 0 amide bonds. The molecule has 3 nitrogen and oxygen atoms in total. The number of pyridine rings is 1. The van der Waals surface area contributed by atoms with E-state index in [1.54, 1.807) is 0 Å². The first-order valence-corrected chi connectivity index (χ1v) is 5.89. The van der Waals surface area contributed by atoms with Gasteiger partial charge in [-0.1, -0.05) is 6.92 Å². The molecule has 1 aliphatic heterocycles. The molecule has 0 radical (unpaired) electrons. The summed E-state index contributed by atoms with van der Waals surface area (Å²) in [4.78, 5) is 5.71. The minimum atomic E-state index is -0.802. The third kappa shape index (κ3) is 2.18. The zero-order valence-electron chi connectivity index (χ0n) is 10.1. The van der Waals surface area contributed by atoms with Crippen LogP contribution >= 0.6 is 0 Å². The highest BCUT2D eigenvalue weighted by molar-refractivity contribution is 5.48. The van der Waals surface area contributed by atoms with Gasteiger partial charge in [0.25, 0.3) is 0 Å². The van der Waals surface area contributed by atoms with Crippen LogP contribution in [0.1, 0.15) is 26.7 Å². The SMILES string of the molecule is CC1CCCN(c2nc(N)c(F)cc2F)C1C. The number of hydrogen-bond acceptors (Lipinski definition) is 3. The molecule has 2 unspecified atom stereocenters. The Morgan fingerprint density at radius 1 is 1.35 bits per heavy atom. The molecule has 1 saturated heterocycles. The first-order valence-electron chi connectivity index (χ1n) is 5.89. The Balaban J connectivity index is 2.36. The van der Waals surface area contributed by atoms with E-state index in [1.807, 2.05) is 11.8 Å². The molecule has 1 aromatic rings. The molecular weight excluding hydrogens is 224 g/mol. The molecular formula is C12H17F2N3. The standard InChI is InChI=1S/C12H17F2N3/c1-7-4-3-5-17(8(7)2)12-10(14)6-9(13)11(15)16-12/h6-8H,3-5H2,1-2H3,(H2,15,16). The van der Waals surface area contributed by atoms with Crippen LogP contribution in [0.5, 0.6) is 0 Å². The van der Waals surface area contributed by atoms with Gasteiger partial charge in [-0.05, 0) is 25.7 Å². The summed E-state index contributed by atoms with van der Waals surface area (Å²) in [5.41, 5.74) is 5.40. The number of nitrogens with two attached hydrogens (primary N) is 1. The van der Waals surface area contributed by atoms with Crippen molar-refractivity contribution in [3.63, 3.8) is 0 Å². The van der Waals surface area contributed by atoms with Crippen molar-refractivity contribution in [1.82, 2.24) is 4.98 Å². The maximum absolute atomic E-state index is 13.7. The number of anilines is 2. The first kappa shape index (κ1) is 12.1. The van der Waals surface area contributed by atoms with Gasteiger partial charge in [0.05, 0.1) is 0 Å². The van der Waals surface area contributed by atoms with Gasteiger partial charge in [0.2, 0.25) is 0 Å². The molecule has 0 saturated carbocycles. The van der Waals surface area contributed by atoms with Crippen LogP contribution in [0, 0.1) is 17.6 Å². The number of nitrogen functional groups attached to an aromatic ring is 1. The topological polar surface area (TPSA) is 42.2 Å². The van der Waals surface area contributed by atoms with Crippen LogP contribution in [-0.2, 0) is 0 Å². The molecule has 5 heteroatoms. The molecule has 0 bridgehead atoms. The van der Waals surface area contributed by atoms with Crippen molar-refractivity contribution in [1.29, 1.82) is 0 Å². The number of piperidine rings is 1. The Hall–Kier alpha value is -1.39. The van der Waals surface area contributed by atoms with Gasteiger partial charge in [-0.15, -0.1) is 0 Å². The minimum Gasteiger partial charge on any atom is -0.381 e. The number of hydrogen-bond donors (Lipinski definition) is 1. The van der Waals surface area contributed by atoms with Gasteiger partial charge in [-0.3, -0.25) is 0 Å². The third-order valence-corrected chi connectivity index (χ3v) is 3.58. The van der Waals surface area contributed by atoms with Crippen LogP contribution in [0.25, 0.3) is 0 Å². The summed E-state index contributed by atoms with van der Waals surface area (Å²) in [6.45, 7) is 4.90. The summed E-state index contributed by atoms with van der Waals surface area (Å²) in [6.07, 6.45) is 2.11. The summed E-state index contributed by atoms with van der Waals surface area (Å²) < 4.78 is 26.8. The van der Waals surface area contributed by atoms with E-state index in [0.29, 0.717) is 5.92 Å². The van der Waals surface area contributed by atoms with Gasteiger partial charge in [0.1, 0.15) is 0 Å². The Morgan fingerprint density at radius 3 is 2.76 bits per heavy atom. The van der Waals surface area contributed by atoms with Crippen LogP contribution in [0.2, 0.25) is 0 Å². The van der Waals surface area contributed by atoms with Gasteiger partial charge < -0.3 is 10.6 Å². The van der Waals surface area contributed by atoms with E-state index in [4.69, 9.17) is 5.73 Å². The second kappa shape index (κ2) is 4.47. The predicted molar refractivity (Wildman–Crippen MR) is 63.8 cm³/mol. The van der Waals surface area contributed by atoms with Crippen molar-refractivity contribution >= 4 is 11.6 Å². The lowest BCUT2D eigenvalue weighted by Gasteiger charge is -2.38. The zero-order chi connectivity index (χ0) is 12.6. The number of aromatic nitrogens is 1. The summed E-state index contributed by atoms with van der Waals surface area (Å²) in [6, 6.07) is 1.000. The van der Waals surface area contributed by atoms with Gasteiger partial charge in [-0.25, -0.2) is 13.8 Å². The average molecular weight is 241 g/mol. The second-order valence-corrected chi connectivity index (χ2v) is 4.71. The second-order valence-electron chi connectivity index (χ2n) is 4.71. The van der Waals surface area contributed by atoms with Crippen LogP contribution in [-0.4, -0.2) is 17.6 Å². The zero-order valence-corrected chi connectivity index (χ0v) is 10.1. The fourth-order valence-corrected chi connectivity index (χ4v) is 2.31. The van der Waals surface area contributed by atoms with Crippen molar-refractivity contribution in [2.24, 2.45) is 5.92 Å². The number of halogens is 2. The highest BCUT2D eigenvalue weighted by Crippen LogP contribution is 2.29. The normalized spacial score (nSPS) is 25.1. The summed E-state index contributed by atoms with van der Waals surface area (Å²) in [5, 5.41) is 0. The van der Waals surface area contributed by atoms with Crippen molar-refractivity contribution in [2.75, 3.05) is 17.2 Å². The van der Waals surface area contributed by atoms with Crippen LogP contribution in [0.15, 0.2) is 6.07 Å². The van der Waals surface area contributed by atoms with E-state index in [0.717, 1.165) is 25.5 Å². The molecule has 2 rings (SSSR count). The lowest BCUT2D eigenvalue weighted by atomic mass is 9.92. The molecule has 1 aromatic heterocycles. The molecule has 94 valence electrons. The minimum absolute atomic E-state index is 0.169. The van der Waals surface area contributed by atoms with E-state index in [-0.39, 0.29) is 17.7 Å². The maximum atomic E-state index is 13.7. The van der Waals surface area contributed by atoms with Crippen molar-refractivity contribution in [3.05, 3.63) is 17.7 Å². The van der Waals surface area contributed by atoms with E-state index < -0.39 is 11.6 Å². The van der Waals surface area contributed by atoms with Gasteiger partial charge in [0, 0.05) is 18.7 Å². The lowest BCUT2D eigenvalue weighted by Crippen LogP contribution is -2.43. The predicted octanol–water partition coefficient (Wildman–Crippen LogP) is 2.57. The quantitative estimate of drug-likeness (QED) is 0.821. The molecule has 0 aliphatic carbocycles. The lowest BCUT2D eigenvalue weighted by molar-refractivity contribution is 0.358. The highest BCUT2D eigenvalue weighted by atomic mass is 19.1. The molecule has 2 heterocycles. The Kier molecular flexibility index (Phi) is 3.17. The molecule has 1 aliphatic rings. The van der Waals surface area contributed by atoms with Gasteiger partial charge >= 0.3 is 0 Å². The number of rotatable bonds is 1. The summed E-state index contributed by atoms with van der Waals surface area (Å²) >= 11 is 0. The Morgan fingerprint density at radius 2 is 2.06 bits per heavy atom. The largest absolute Gasteiger partial charge is 0.381 e. The summed E-state index contributed by atoms with van der Waals surface area (Å²) in [5.74, 6) is -1.05. The number of nitrogens with zero attached hydrogens (tertiary/aromatic N) is 2. The molecule has 17 heavy (non-hydrogen) atoms. The Labute approximate surface area is 99.6 Å². The molecule has 1 fully saturated rings. The van der Waals surface area contributed by atoms with Gasteiger partial charge in [-0.2, -0.15) is 0 Å². The fourth-order valence-electron chi connectivity index (χ4n) is 2.31. The summed E-state index contributed by atoms with van der Waals surface area (Å²) in [7, 11) is 0. The van der Waals surface area contributed by atoms with Crippen LogP contribution in [0.3, 0.4) is 0 Å². The highest BCUT2D eigenvalue weighted by Gasteiger charge is 2.28. The maximum Gasteiger partial charge on any atom is 0.168 e. The van der Waals surface area contributed by atoms with E-state index in [9.17, 15) is 8.78 Å². The monoisotopic (exact) mass is 241 g/mol. The molecule has 2 atom stereocenters. The van der Waals surface area contributed by atoms with Crippen molar-refractivity contribution in [3.8, 4) is 0 Å². The van der Waals surface area contributed by atoms with E-state index >= 15 is 0 Å². The molecule has 0 spiro atoms. The Bertz CT molecular complexity index is 422. The van der Waals surface area contributed by atoms with Crippen LogP contribution in [0.4, 0.5) is 20.4 Å². The molecule has 0 aromatic carbocycles. The van der Waals surface area contributed by atoms with Crippen molar-refractivity contribution in [2.45, 2.75) is 32.7 Å². The smallest absolute Gasteiger partial charge is 0.168 e. The molecule has 2 N–H and O–H groups in total. The van der Waals surface area contributed by atoms with E-state index in [2.05, 4.69) is 11.9 Å². The fraction of sp³-hybridized carbons (Fsp3) is 0.583. The van der Waals surface area contributed by atoms with Crippen LogP contribution < -0.4 is 10.6 Å². The average Bonchev–Trinajstić information content (AvgIpc) is 2.28. The first-order chi connectivity index (χ1) is 8.00. The third-order valence-electron chi connectivity index (χ3n) is 3.58. The van der Waals surface area contributed by atoms with Gasteiger partial charge in [0.15, 0.2) is 23.3 Å². The van der Waals surface area contributed by atoms with E-state index in [1.165, 1.54) is 0 Å². The van der Waals surface area contributed by atoms with Crippen molar-refractivity contribution < 1.29 is 8.78 Å².